The molecule has 2 fully saturated rings. The number of ketones is 1. The van der Waals surface area contributed by atoms with Gasteiger partial charge in [-0.2, -0.15) is 0 Å². The third-order valence-electron chi connectivity index (χ3n) is 6.36. The molecule has 0 spiro atoms. The molecule has 2 aliphatic rings. The van der Waals surface area contributed by atoms with Crippen molar-refractivity contribution in [2.45, 2.75) is 19.4 Å². The number of carbonyl (C=O) groups excluding carboxylic acids is 2. The number of hydrogen-bond acceptors (Lipinski definition) is 7. The molecule has 8 nitrogen and oxygen atoms in total. The highest BCUT2D eigenvalue weighted by molar-refractivity contribution is 6.46. The summed E-state index contributed by atoms with van der Waals surface area (Å²) in [5.74, 6) is -0.503. The van der Waals surface area contributed by atoms with Gasteiger partial charge in [0.2, 0.25) is 0 Å². The molecule has 2 aliphatic heterocycles. The second-order valence-corrected chi connectivity index (χ2v) is 8.51. The van der Waals surface area contributed by atoms with Crippen molar-refractivity contribution in [1.29, 1.82) is 0 Å². The van der Waals surface area contributed by atoms with Crippen LogP contribution in [0.15, 0.2) is 54.1 Å². The van der Waals surface area contributed by atoms with Gasteiger partial charge in [-0.05, 0) is 43.2 Å². The molecular weight excluding hydrogens is 448 g/mol. The fraction of sp³-hybridized carbons (Fsp3) is 0.407. The van der Waals surface area contributed by atoms with Crippen molar-refractivity contribution >= 4 is 17.4 Å². The van der Waals surface area contributed by atoms with Crippen molar-refractivity contribution in [3.8, 4) is 11.5 Å². The fourth-order valence-electron chi connectivity index (χ4n) is 4.67. The van der Waals surface area contributed by atoms with E-state index in [2.05, 4.69) is 4.90 Å². The molecule has 35 heavy (non-hydrogen) atoms. The summed E-state index contributed by atoms with van der Waals surface area (Å²) in [4.78, 5) is 30.4. The highest BCUT2D eigenvalue weighted by Crippen LogP contribution is 2.41. The first kappa shape index (κ1) is 24.8. The van der Waals surface area contributed by atoms with Crippen molar-refractivity contribution < 1.29 is 28.9 Å². The number of likely N-dealkylation sites (tertiary alicyclic amines) is 1. The molecule has 0 bridgehead atoms. The van der Waals surface area contributed by atoms with Crippen LogP contribution in [0.1, 0.15) is 30.5 Å². The van der Waals surface area contributed by atoms with Gasteiger partial charge in [-0.15, -0.1) is 0 Å². The van der Waals surface area contributed by atoms with E-state index >= 15 is 0 Å². The van der Waals surface area contributed by atoms with Gasteiger partial charge >= 0.3 is 0 Å². The average Bonchev–Trinajstić information content (AvgIpc) is 3.14. The maximum absolute atomic E-state index is 13.3. The zero-order chi connectivity index (χ0) is 24.8. The molecule has 4 rings (SSSR count). The number of methoxy groups -OCH3 is 1. The Morgan fingerprint density at radius 1 is 1.09 bits per heavy atom. The summed E-state index contributed by atoms with van der Waals surface area (Å²) < 4.78 is 16.5. The molecule has 8 heteroatoms. The minimum Gasteiger partial charge on any atom is -0.507 e. The number of morpholine rings is 1. The van der Waals surface area contributed by atoms with E-state index < -0.39 is 17.7 Å². The Kier molecular flexibility index (Phi) is 8.05. The van der Waals surface area contributed by atoms with Crippen molar-refractivity contribution in [3.63, 3.8) is 0 Å². The monoisotopic (exact) mass is 480 g/mol. The minimum atomic E-state index is -0.731. The summed E-state index contributed by atoms with van der Waals surface area (Å²) in [7, 11) is 1.50. The molecule has 186 valence electrons. The molecule has 0 radical (unpaired) electrons. The van der Waals surface area contributed by atoms with E-state index in [0.29, 0.717) is 55.4 Å². The molecule has 2 heterocycles. The first-order valence-electron chi connectivity index (χ1n) is 12.0. The normalized spacial score (nSPS) is 20.3. The highest BCUT2D eigenvalue weighted by atomic mass is 16.5. The van der Waals surface area contributed by atoms with Crippen LogP contribution in [-0.4, -0.2) is 79.7 Å². The van der Waals surface area contributed by atoms with Crippen LogP contribution in [-0.2, 0) is 14.3 Å². The van der Waals surface area contributed by atoms with E-state index in [1.54, 1.807) is 29.2 Å². The Bertz CT molecular complexity index is 1090. The highest BCUT2D eigenvalue weighted by Gasteiger charge is 2.46. The van der Waals surface area contributed by atoms with Gasteiger partial charge in [0.1, 0.15) is 17.3 Å². The topological polar surface area (TPSA) is 88.5 Å². The average molecular weight is 481 g/mol. The largest absolute Gasteiger partial charge is 0.507 e. The van der Waals surface area contributed by atoms with Crippen molar-refractivity contribution in [1.82, 2.24) is 9.80 Å². The summed E-state index contributed by atoms with van der Waals surface area (Å²) in [6.07, 6.45) is 0.698. The SMILES string of the molecule is CCOc1cccc(C2/C(=C(\O)c3ccccc3OC)C(=O)C(=O)N2CCCN2CCOCC2)c1. The lowest BCUT2D eigenvalue weighted by atomic mass is 9.94. The van der Waals surface area contributed by atoms with Gasteiger partial charge in [0.15, 0.2) is 0 Å². The number of nitrogens with zero attached hydrogens (tertiary/aromatic N) is 2. The molecule has 1 amide bonds. The molecule has 0 aliphatic carbocycles. The quantitative estimate of drug-likeness (QED) is 0.335. The Hall–Kier alpha value is -3.36. The van der Waals surface area contributed by atoms with Crippen molar-refractivity contribution in [2.75, 3.05) is 53.1 Å². The lowest BCUT2D eigenvalue weighted by Crippen LogP contribution is -2.38. The molecule has 1 N–H and O–H groups in total. The van der Waals surface area contributed by atoms with Crippen LogP contribution in [0, 0.1) is 0 Å². The zero-order valence-corrected chi connectivity index (χ0v) is 20.2. The van der Waals surface area contributed by atoms with Crippen LogP contribution in [0.3, 0.4) is 0 Å². The van der Waals surface area contributed by atoms with Gasteiger partial charge in [-0.1, -0.05) is 24.3 Å². The number of ether oxygens (including phenoxy) is 3. The maximum Gasteiger partial charge on any atom is 0.295 e. The number of benzene rings is 2. The van der Waals surface area contributed by atoms with Crippen LogP contribution in [0.2, 0.25) is 0 Å². The van der Waals surface area contributed by atoms with Crippen LogP contribution >= 0.6 is 0 Å². The summed E-state index contributed by atoms with van der Waals surface area (Å²) in [6, 6.07) is 13.5. The van der Waals surface area contributed by atoms with Gasteiger partial charge in [0, 0.05) is 26.2 Å². The van der Waals surface area contributed by atoms with E-state index in [-0.39, 0.29) is 11.3 Å². The Morgan fingerprint density at radius 2 is 1.86 bits per heavy atom. The van der Waals surface area contributed by atoms with Gasteiger partial charge in [-0.3, -0.25) is 14.5 Å². The number of Topliss-reactive ketones (excluding diaryl/α,β-unsaturated/α-hetero) is 1. The van der Waals surface area contributed by atoms with E-state index in [1.165, 1.54) is 7.11 Å². The van der Waals surface area contributed by atoms with Crippen LogP contribution in [0.25, 0.3) is 5.76 Å². The van der Waals surface area contributed by atoms with Crippen molar-refractivity contribution in [2.24, 2.45) is 0 Å². The molecular formula is C27H32N2O6. The number of aliphatic hydroxyl groups excluding tert-OH is 1. The number of carbonyl (C=O) groups is 2. The second kappa shape index (κ2) is 11.4. The first-order chi connectivity index (χ1) is 17.0. The number of amides is 1. The van der Waals surface area contributed by atoms with Gasteiger partial charge in [-0.25, -0.2) is 0 Å². The van der Waals surface area contributed by atoms with Gasteiger partial charge in [0.25, 0.3) is 11.7 Å². The van der Waals surface area contributed by atoms with E-state index in [0.717, 1.165) is 19.6 Å². The smallest absolute Gasteiger partial charge is 0.295 e. The predicted molar refractivity (Wildman–Crippen MR) is 131 cm³/mol. The Labute approximate surface area is 205 Å². The number of rotatable bonds is 9. The molecule has 1 unspecified atom stereocenters. The zero-order valence-electron chi connectivity index (χ0n) is 20.2. The molecule has 0 aromatic heterocycles. The van der Waals surface area contributed by atoms with E-state index in [9.17, 15) is 14.7 Å². The maximum atomic E-state index is 13.3. The van der Waals surface area contributed by atoms with Crippen LogP contribution in [0.4, 0.5) is 0 Å². The number of hydrogen-bond donors (Lipinski definition) is 1. The number of aliphatic hydroxyl groups is 1. The fourth-order valence-corrected chi connectivity index (χ4v) is 4.67. The first-order valence-corrected chi connectivity index (χ1v) is 12.0. The Morgan fingerprint density at radius 3 is 2.60 bits per heavy atom. The Balaban J connectivity index is 1.72. The van der Waals surface area contributed by atoms with Gasteiger partial charge in [0.05, 0.1) is 44.1 Å². The molecule has 2 aromatic rings. The standard InChI is InChI=1S/C27H32N2O6/c1-3-35-20-9-6-8-19(18-20)24-23(25(30)21-10-4-5-11-22(21)33-2)26(31)27(32)29(24)13-7-12-28-14-16-34-17-15-28/h4-6,8-11,18,24,30H,3,7,12-17H2,1-2H3/b25-23+. The predicted octanol–water partition coefficient (Wildman–Crippen LogP) is 3.24. The minimum absolute atomic E-state index is 0.0551. The number of para-hydroxylation sites is 1. The molecule has 1 atom stereocenters. The lowest BCUT2D eigenvalue weighted by Gasteiger charge is -2.29. The second-order valence-electron chi connectivity index (χ2n) is 8.51. The van der Waals surface area contributed by atoms with Crippen LogP contribution < -0.4 is 9.47 Å². The van der Waals surface area contributed by atoms with Gasteiger partial charge < -0.3 is 24.2 Å². The molecule has 2 saturated heterocycles. The summed E-state index contributed by atoms with van der Waals surface area (Å²) in [5.41, 5.74) is 1.13. The van der Waals surface area contributed by atoms with Crippen LogP contribution in [0.5, 0.6) is 11.5 Å². The lowest BCUT2D eigenvalue weighted by molar-refractivity contribution is -0.140. The third kappa shape index (κ3) is 5.33. The third-order valence-corrected chi connectivity index (χ3v) is 6.36. The summed E-state index contributed by atoms with van der Waals surface area (Å²) in [6.45, 7) is 6.68. The summed E-state index contributed by atoms with van der Waals surface area (Å²) >= 11 is 0. The molecule has 2 aromatic carbocycles. The molecule has 0 saturated carbocycles. The van der Waals surface area contributed by atoms with E-state index in [4.69, 9.17) is 14.2 Å². The van der Waals surface area contributed by atoms with Crippen molar-refractivity contribution in [3.05, 3.63) is 65.2 Å². The van der Waals surface area contributed by atoms with E-state index in [1.807, 2.05) is 31.2 Å². The summed E-state index contributed by atoms with van der Waals surface area (Å²) in [5, 5.41) is 11.3.